The van der Waals surface area contributed by atoms with E-state index in [-0.39, 0.29) is 11.8 Å². The van der Waals surface area contributed by atoms with Crippen molar-refractivity contribution in [2.45, 2.75) is 31.6 Å². The Morgan fingerprint density at radius 2 is 1.86 bits per heavy atom. The van der Waals surface area contributed by atoms with E-state index in [0.717, 1.165) is 18.4 Å². The van der Waals surface area contributed by atoms with Crippen molar-refractivity contribution in [3.05, 3.63) is 35.9 Å². The number of amides is 1. The van der Waals surface area contributed by atoms with Crippen molar-refractivity contribution < 1.29 is 14.7 Å². The number of likely N-dealkylation sites (tertiary alicyclic amines) is 1. The maximum absolute atomic E-state index is 12.3. The van der Waals surface area contributed by atoms with Gasteiger partial charge in [0.1, 0.15) is 0 Å². The van der Waals surface area contributed by atoms with E-state index in [4.69, 9.17) is 0 Å². The Morgan fingerprint density at radius 1 is 1.14 bits per heavy atom. The molecule has 21 heavy (non-hydrogen) atoms. The number of rotatable bonds is 4. The number of benzene rings is 1. The van der Waals surface area contributed by atoms with Crippen molar-refractivity contribution >= 4 is 11.9 Å². The second-order valence-electron chi connectivity index (χ2n) is 6.26. The second-order valence-corrected chi connectivity index (χ2v) is 6.26. The van der Waals surface area contributed by atoms with E-state index < -0.39 is 11.9 Å². The molecule has 1 aromatic rings. The third-order valence-electron chi connectivity index (χ3n) is 4.91. The van der Waals surface area contributed by atoms with E-state index in [1.54, 1.807) is 4.90 Å². The lowest BCUT2D eigenvalue weighted by Gasteiger charge is -2.27. The third-order valence-corrected chi connectivity index (χ3v) is 4.91. The first kappa shape index (κ1) is 14.1. The monoisotopic (exact) mass is 287 g/mol. The SMILES string of the molecule is O=C(O)[C@@H]1CN(C(=O)CC2CCC2)C[C@@H]1c1ccccc1. The van der Waals surface area contributed by atoms with Gasteiger partial charge in [0.15, 0.2) is 0 Å². The molecule has 2 atom stereocenters. The minimum Gasteiger partial charge on any atom is -0.481 e. The fraction of sp³-hybridized carbons (Fsp3) is 0.529. The second kappa shape index (κ2) is 5.88. The molecule has 1 N–H and O–H groups in total. The average Bonchev–Trinajstić information content (AvgIpc) is 2.89. The van der Waals surface area contributed by atoms with E-state index >= 15 is 0 Å². The van der Waals surface area contributed by atoms with Crippen LogP contribution in [0.5, 0.6) is 0 Å². The van der Waals surface area contributed by atoms with Gasteiger partial charge in [-0.25, -0.2) is 0 Å². The Hall–Kier alpha value is -1.84. The molecule has 0 unspecified atom stereocenters. The highest BCUT2D eigenvalue weighted by Gasteiger charge is 2.40. The minimum atomic E-state index is -0.803. The van der Waals surface area contributed by atoms with E-state index in [9.17, 15) is 14.7 Å². The molecule has 0 radical (unpaired) electrons. The predicted molar refractivity (Wildman–Crippen MR) is 78.8 cm³/mol. The van der Waals surface area contributed by atoms with Crippen LogP contribution in [0.15, 0.2) is 30.3 Å². The fourth-order valence-corrected chi connectivity index (χ4v) is 3.37. The molecule has 0 spiro atoms. The van der Waals surface area contributed by atoms with Crippen molar-refractivity contribution in [1.82, 2.24) is 4.90 Å². The first-order valence-electron chi connectivity index (χ1n) is 7.70. The van der Waals surface area contributed by atoms with Crippen LogP contribution in [0.3, 0.4) is 0 Å². The maximum Gasteiger partial charge on any atom is 0.308 e. The Bertz CT molecular complexity index is 524. The molecule has 2 fully saturated rings. The maximum atomic E-state index is 12.3. The molecule has 1 aliphatic heterocycles. The molecule has 1 saturated heterocycles. The molecule has 1 heterocycles. The van der Waals surface area contributed by atoms with Crippen molar-refractivity contribution in [3.63, 3.8) is 0 Å². The molecule has 4 nitrogen and oxygen atoms in total. The largest absolute Gasteiger partial charge is 0.481 e. The summed E-state index contributed by atoms with van der Waals surface area (Å²) in [6, 6.07) is 9.69. The molecule has 0 aromatic heterocycles. The van der Waals surface area contributed by atoms with Crippen LogP contribution in [-0.2, 0) is 9.59 Å². The van der Waals surface area contributed by atoms with Gasteiger partial charge in [-0.15, -0.1) is 0 Å². The summed E-state index contributed by atoms with van der Waals surface area (Å²) in [4.78, 5) is 25.6. The number of hydrogen-bond acceptors (Lipinski definition) is 2. The number of aliphatic carboxylic acids is 1. The van der Waals surface area contributed by atoms with E-state index in [1.807, 2.05) is 30.3 Å². The molecule has 1 aliphatic carbocycles. The smallest absolute Gasteiger partial charge is 0.308 e. The first-order valence-corrected chi connectivity index (χ1v) is 7.70. The summed E-state index contributed by atoms with van der Waals surface area (Å²) >= 11 is 0. The van der Waals surface area contributed by atoms with Crippen LogP contribution in [0.2, 0.25) is 0 Å². The average molecular weight is 287 g/mol. The lowest BCUT2D eigenvalue weighted by Crippen LogP contribution is -2.32. The van der Waals surface area contributed by atoms with Gasteiger partial charge in [0, 0.05) is 25.4 Å². The van der Waals surface area contributed by atoms with Crippen LogP contribution in [0.1, 0.15) is 37.2 Å². The number of carbonyl (C=O) groups is 2. The topological polar surface area (TPSA) is 57.6 Å². The highest BCUT2D eigenvalue weighted by atomic mass is 16.4. The molecule has 2 aliphatic rings. The Balaban J connectivity index is 1.71. The zero-order chi connectivity index (χ0) is 14.8. The standard InChI is InChI=1S/C17H21NO3/c19-16(9-12-5-4-6-12)18-10-14(15(11-18)17(20)21)13-7-2-1-3-8-13/h1-3,7-8,12,14-15H,4-6,9-11H2,(H,20,21)/t14-,15-/m1/s1. The molecule has 3 rings (SSSR count). The molecule has 112 valence electrons. The van der Waals surface area contributed by atoms with Gasteiger partial charge in [0.2, 0.25) is 5.91 Å². The van der Waals surface area contributed by atoms with Crippen LogP contribution in [0, 0.1) is 11.8 Å². The lowest BCUT2D eigenvalue weighted by atomic mass is 9.83. The number of hydrogen-bond donors (Lipinski definition) is 1. The van der Waals surface area contributed by atoms with E-state index in [1.165, 1.54) is 6.42 Å². The number of carboxylic acids is 1. The number of nitrogens with zero attached hydrogens (tertiary/aromatic N) is 1. The summed E-state index contributed by atoms with van der Waals surface area (Å²) in [7, 11) is 0. The molecule has 4 heteroatoms. The summed E-state index contributed by atoms with van der Waals surface area (Å²) < 4.78 is 0. The van der Waals surface area contributed by atoms with Gasteiger partial charge < -0.3 is 10.0 Å². The summed E-state index contributed by atoms with van der Waals surface area (Å²) in [5.41, 5.74) is 1.02. The Morgan fingerprint density at radius 3 is 2.43 bits per heavy atom. The van der Waals surface area contributed by atoms with Gasteiger partial charge >= 0.3 is 5.97 Å². The molecule has 1 saturated carbocycles. The molecule has 0 bridgehead atoms. The van der Waals surface area contributed by atoms with Gasteiger partial charge in [-0.3, -0.25) is 9.59 Å². The van der Waals surface area contributed by atoms with E-state index in [0.29, 0.717) is 25.4 Å². The highest BCUT2D eigenvalue weighted by Crippen LogP contribution is 2.35. The molecular weight excluding hydrogens is 266 g/mol. The van der Waals surface area contributed by atoms with Gasteiger partial charge in [-0.2, -0.15) is 0 Å². The van der Waals surface area contributed by atoms with Gasteiger partial charge in [-0.05, 0) is 24.3 Å². The number of carboxylic acid groups (broad SMARTS) is 1. The van der Waals surface area contributed by atoms with Crippen LogP contribution < -0.4 is 0 Å². The summed E-state index contributed by atoms with van der Waals surface area (Å²) in [5.74, 6) is -0.726. The van der Waals surface area contributed by atoms with Crippen molar-refractivity contribution in [1.29, 1.82) is 0 Å². The molecular formula is C17H21NO3. The van der Waals surface area contributed by atoms with Gasteiger partial charge in [-0.1, -0.05) is 36.8 Å². The van der Waals surface area contributed by atoms with Crippen LogP contribution >= 0.6 is 0 Å². The Labute approximate surface area is 124 Å². The van der Waals surface area contributed by atoms with Gasteiger partial charge in [0.25, 0.3) is 0 Å². The minimum absolute atomic E-state index is 0.0889. The normalized spacial score (nSPS) is 25.6. The predicted octanol–water partition coefficient (Wildman–Crippen LogP) is 2.50. The van der Waals surface area contributed by atoms with Gasteiger partial charge in [0.05, 0.1) is 5.92 Å². The summed E-state index contributed by atoms with van der Waals surface area (Å²) in [6.45, 7) is 0.882. The zero-order valence-corrected chi connectivity index (χ0v) is 12.1. The summed E-state index contributed by atoms with van der Waals surface area (Å²) in [5, 5.41) is 9.45. The fourth-order valence-electron chi connectivity index (χ4n) is 3.37. The Kier molecular flexibility index (Phi) is 3.95. The highest BCUT2D eigenvalue weighted by molar-refractivity contribution is 5.80. The summed E-state index contributed by atoms with van der Waals surface area (Å²) in [6.07, 6.45) is 4.10. The number of carbonyl (C=O) groups excluding carboxylic acids is 1. The van der Waals surface area contributed by atoms with Crippen molar-refractivity contribution in [3.8, 4) is 0 Å². The first-order chi connectivity index (χ1) is 10.1. The zero-order valence-electron chi connectivity index (χ0n) is 12.1. The van der Waals surface area contributed by atoms with Crippen molar-refractivity contribution in [2.75, 3.05) is 13.1 Å². The van der Waals surface area contributed by atoms with Crippen molar-refractivity contribution in [2.24, 2.45) is 11.8 Å². The quantitative estimate of drug-likeness (QED) is 0.925. The van der Waals surface area contributed by atoms with Crippen LogP contribution in [0.25, 0.3) is 0 Å². The lowest BCUT2D eigenvalue weighted by molar-refractivity contribution is -0.141. The third kappa shape index (κ3) is 2.94. The van der Waals surface area contributed by atoms with E-state index in [2.05, 4.69) is 0 Å². The molecule has 1 aromatic carbocycles. The molecule has 1 amide bonds. The van der Waals surface area contributed by atoms with Crippen LogP contribution in [0.4, 0.5) is 0 Å². The van der Waals surface area contributed by atoms with Crippen LogP contribution in [-0.4, -0.2) is 35.0 Å².